The summed E-state index contributed by atoms with van der Waals surface area (Å²) in [7, 11) is 0. The first kappa shape index (κ1) is 20.0. The number of carbonyl (C=O) groups excluding carboxylic acids is 1. The minimum absolute atomic E-state index is 0.148. The molecule has 9 heteroatoms. The standard InChI is InChI=1S/C18H23BrF2N4O2/c1-17(2,3)27-16(26)24-15(11-4-6-18(20,21)7-5-11)13-10-25-14(23-13)8-12(19)9-22-25/h8-11,15H,4-7H2,1-3H3,(H,24,26)/t15-/m0/s1. The first-order chi connectivity index (χ1) is 12.5. The Morgan fingerprint density at radius 2 is 2.07 bits per heavy atom. The number of alkyl carbamates (subject to hydrolysis) is 1. The first-order valence-electron chi connectivity index (χ1n) is 8.91. The zero-order valence-corrected chi connectivity index (χ0v) is 17.1. The second kappa shape index (κ2) is 7.33. The van der Waals surface area contributed by atoms with Crippen molar-refractivity contribution in [2.24, 2.45) is 5.92 Å². The van der Waals surface area contributed by atoms with Gasteiger partial charge in [-0.25, -0.2) is 23.1 Å². The number of alkyl halides is 2. The van der Waals surface area contributed by atoms with Crippen molar-refractivity contribution in [3.63, 3.8) is 0 Å². The van der Waals surface area contributed by atoms with Crippen LogP contribution >= 0.6 is 15.9 Å². The third-order valence-corrected chi connectivity index (χ3v) is 4.96. The smallest absolute Gasteiger partial charge is 0.408 e. The number of fused-ring (bicyclic) bond motifs is 1. The van der Waals surface area contributed by atoms with E-state index in [1.807, 2.05) is 0 Å². The number of imidazole rings is 1. The second-order valence-corrected chi connectivity index (χ2v) is 8.88. The fourth-order valence-electron chi connectivity index (χ4n) is 3.29. The summed E-state index contributed by atoms with van der Waals surface area (Å²) < 4.78 is 34.9. The molecule has 0 aliphatic heterocycles. The van der Waals surface area contributed by atoms with Gasteiger partial charge in [-0.1, -0.05) is 0 Å². The fraction of sp³-hybridized carbons (Fsp3) is 0.611. The summed E-state index contributed by atoms with van der Waals surface area (Å²) in [5.74, 6) is -2.79. The normalized spacial score (nSPS) is 19.0. The van der Waals surface area contributed by atoms with Crippen molar-refractivity contribution >= 4 is 27.7 Å². The highest BCUT2D eigenvalue weighted by atomic mass is 79.9. The van der Waals surface area contributed by atoms with Crippen molar-refractivity contribution in [1.29, 1.82) is 0 Å². The van der Waals surface area contributed by atoms with Crippen LogP contribution in [0, 0.1) is 5.92 Å². The first-order valence-corrected chi connectivity index (χ1v) is 9.70. The summed E-state index contributed by atoms with van der Waals surface area (Å²) in [6, 6.07) is 1.28. The lowest BCUT2D eigenvalue weighted by molar-refractivity contribution is -0.0500. The van der Waals surface area contributed by atoms with E-state index in [1.54, 1.807) is 43.7 Å². The van der Waals surface area contributed by atoms with Crippen LogP contribution in [0.3, 0.4) is 0 Å². The summed E-state index contributed by atoms with van der Waals surface area (Å²) in [6.07, 6.45) is 2.99. The predicted octanol–water partition coefficient (Wildman–Crippen LogP) is 4.88. The molecule has 1 saturated carbocycles. The van der Waals surface area contributed by atoms with E-state index in [1.165, 1.54) is 0 Å². The Morgan fingerprint density at radius 3 is 2.70 bits per heavy atom. The molecule has 0 bridgehead atoms. The van der Waals surface area contributed by atoms with E-state index >= 15 is 0 Å². The van der Waals surface area contributed by atoms with Crippen LogP contribution < -0.4 is 5.32 Å². The highest BCUT2D eigenvalue weighted by molar-refractivity contribution is 9.10. The zero-order chi connectivity index (χ0) is 19.8. The molecule has 1 N–H and O–H groups in total. The monoisotopic (exact) mass is 444 g/mol. The summed E-state index contributed by atoms with van der Waals surface area (Å²) in [5, 5.41) is 7.08. The van der Waals surface area contributed by atoms with Crippen molar-refractivity contribution in [1.82, 2.24) is 19.9 Å². The molecule has 1 atom stereocenters. The Hall–Kier alpha value is -1.77. The Morgan fingerprint density at radius 1 is 1.41 bits per heavy atom. The summed E-state index contributed by atoms with van der Waals surface area (Å²) in [6.45, 7) is 5.32. The molecule has 2 aromatic rings. The third kappa shape index (κ3) is 5.15. The Balaban J connectivity index is 1.87. The molecule has 1 fully saturated rings. The Bertz CT molecular complexity index is 824. The number of ether oxygens (including phenoxy) is 1. The average molecular weight is 445 g/mol. The third-order valence-electron chi connectivity index (χ3n) is 4.53. The van der Waals surface area contributed by atoms with Crippen LogP contribution in [0.5, 0.6) is 0 Å². The molecule has 2 heterocycles. The van der Waals surface area contributed by atoms with Gasteiger partial charge in [0.1, 0.15) is 5.60 Å². The highest BCUT2D eigenvalue weighted by Crippen LogP contribution is 2.41. The van der Waals surface area contributed by atoms with Crippen molar-refractivity contribution in [3.05, 3.63) is 28.6 Å². The lowest BCUT2D eigenvalue weighted by atomic mass is 9.81. The number of hydrogen-bond acceptors (Lipinski definition) is 4. The van der Waals surface area contributed by atoms with Gasteiger partial charge in [0.2, 0.25) is 5.92 Å². The van der Waals surface area contributed by atoms with Gasteiger partial charge in [0, 0.05) is 17.3 Å². The predicted molar refractivity (Wildman–Crippen MR) is 99.7 cm³/mol. The molecular weight excluding hydrogens is 422 g/mol. The number of amides is 1. The number of hydrogen-bond donors (Lipinski definition) is 1. The van der Waals surface area contributed by atoms with Gasteiger partial charge in [-0.05, 0) is 61.5 Å². The quantitative estimate of drug-likeness (QED) is 0.731. The molecule has 2 aromatic heterocycles. The molecule has 1 aliphatic carbocycles. The SMILES string of the molecule is CC(C)(C)OC(=O)N[C@H](c1cn2ncc(Br)cc2n1)C1CCC(F)(F)CC1. The van der Waals surface area contributed by atoms with Crippen LogP contribution in [0.15, 0.2) is 22.9 Å². The maximum absolute atomic E-state index is 13.6. The molecule has 1 amide bonds. The molecule has 0 saturated heterocycles. The van der Waals surface area contributed by atoms with Crippen molar-refractivity contribution in [3.8, 4) is 0 Å². The summed E-state index contributed by atoms with van der Waals surface area (Å²) in [5.41, 5.74) is 0.540. The van der Waals surface area contributed by atoms with Gasteiger partial charge in [0.25, 0.3) is 0 Å². The molecule has 3 rings (SSSR count). The maximum Gasteiger partial charge on any atom is 0.408 e. The van der Waals surface area contributed by atoms with Crippen molar-refractivity contribution in [2.75, 3.05) is 0 Å². The minimum Gasteiger partial charge on any atom is -0.444 e. The van der Waals surface area contributed by atoms with Crippen LogP contribution in [-0.4, -0.2) is 32.2 Å². The van der Waals surface area contributed by atoms with E-state index in [0.717, 1.165) is 4.47 Å². The van der Waals surface area contributed by atoms with E-state index in [-0.39, 0.29) is 18.8 Å². The van der Waals surface area contributed by atoms with Crippen LogP contribution in [-0.2, 0) is 4.74 Å². The van der Waals surface area contributed by atoms with Crippen LogP contribution in [0.4, 0.5) is 13.6 Å². The number of nitrogens with zero attached hydrogens (tertiary/aromatic N) is 3. The minimum atomic E-state index is -2.64. The van der Waals surface area contributed by atoms with Gasteiger partial charge in [-0.15, -0.1) is 0 Å². The van der Waals surface area contributed by atoms with E-state index in [0.29, 0.717) is 24.2 Å². The van der Waals surface area contributed by atoms with Gasteiger partial charge >= 0.3 is 6.09 Å². The van der Waals surface area contributed by atoms with Crippen LogP contribution in [0.2, 0.25) is 0 Å². The molecular formula is C18H23BrF2N4O2. The molecule has 0 unspecified atom stereocenters. The zero-order valence-electron chi connectivity index (χ0n) is 15.5. The van der Waals surface area contributed by atoms with Gasteiger partial charge in [0.05, 0.1) is 24.1 Å². The highest BCUT2D eigenvalue weighted by Gasteiger charge is 2.39. The van der Waals surface area contributed by atoms with Crippen molar-refractivity contribution < 1.29 is 18.3 Å². The second-order valence-electron chi connectivity index (χ2n) is 7.96. The largest absolute Gasteiger partial charge is 0.444 e. The molecule has 0 spiro atoms. The Kier molecular flexibility index (Phi) is 5.42. The lowest BCUT2D eigenvalue weighted by Gasteiger charge is -2.33. The number of carbonyl (C=O) groups is 1. The molecule has 0 radical (unpaired) electrons. The van der Waals surface area contributed by atoms with Crippen LogP contribution in [0.1, 0.15) is 58.2 Å². The van der Waals surface area contributed by atoms with Crippen molar-refractivity contribution in [2.45, 2.75) is 64.0 Å². The average Bonchev–Trinajstić information content (AvgIpc) is 2.94. The number of aromatic nitrogens is 3. The molecule has 27 heavy (non-hydrogen) atoms. The number of nitrogens with one attached hydrogen (secondary N) is 1. The number of halogens is 3. The van der Waals surface area contributed by atoms with E-state index in [9.17, 15) is 13.6 Å². The molecule has 148 valence electrons. The summed E-state index contributed by atoms with van der Waals surface area (Å²) in [4.78, 5) is 16.9. The number of rotatable bonds is 3. The van der Waals surface area contributed by atoms with Gasteiger partial charge in [0.15, 0.2) is 5.65 Å². The van der Waals surface area contributed by atoms with E-state index in [4.69, 9.17) is 4.74 Å². The molecule has 1 aliphatic rings. The van der Waals surface area contributed by atoms with Crippen LogP contribution in [0.25, 0.3) is 5.65 Å². The topological polar surface area (TPSA) is 68.5 Å². The van der Waals surface area contributed by atoms with E-state index < -0.39 is 23.7 Å². The Labute approximate surface area is 164 Å². The van der Waals surface area contributed by atoms with Gasteiger partial charge < -0.3 is 10.1 Å². The molecule has 6 nitrogen and oxygen atoms in total. The summed E-state index contributed by atoms with van der Waals surface area (Å²) >= 11 is 3.35. The lowest BCUT2D eigenvalue weighted by Crippen LogP contribution is -2.40. The van der Waals surface area contributed by atoms with Gasteiger partial charge in [-0.2, -0.15) is 5.10 Å². The maximum atomic E-state index is 13.6. The van der Waals surface area contributed by atoms with Gasteiger partial charge in [-0.3, -0.25) is 0 Å². The fourth-order valence-corrected chi connectivity index (χ4v) is 3.58. The molecule has 0 aromatic carbocycles. The van der Waals surface area contributed by atoms with E-state index in [2.05, 4.69) is 31.3 Å².